The number of hydrogen-bond acceptors (Lipinski definition) is 4. The Bertz CT molecular complexity index is 699. The molecule has 2 heterocycles. The predicted molar refractivity (Wildman–Crippen MR) is 96.7 cm³/mol. The van der Waals surface area contributed by atoms with E-state index < -0.39 is 0 Å². The topological polar surface area (TPSA) is 53.4 Å². The van der Waals surface area contributed by atoms with E-state index in [1.54, 1.807) is 10.9 Å². The van der Waals surface area contributed by atoms with Crippen LogP contribution in [-0.2, 0) is 6.54 Å². The number of rotatable bonds is 4. The van der Waals surface area contributed by atoms with E-state index in [4.69, 9.17) is 0 Å². The van der Waals surface area contributed by atoms with Crippen LogP contribution in [0.15, 0.2) is 30.5 Å². The highest BCUT2D eigenvalue weighted by molar-refractivity contribution is 6.04. The minimum atomic E-state index is -0.0989. The van der Waals surface area contributed by atoms with Crippen molar-refractivity contribution in [3.05, 3.63) is 41.6 Å². The summed E-state index contributed by atoms with van der Waals surface area (Å²) in [5.41, 5.74) is 2.81. The maximum atomic E-state index is 12.5. The molecule has 0 spiro atoms. The number of carbonyl (C=O) groups is 1. The van der Waals surface area contributed by atoms with Crippen molar-refractivity contribution in [2.75, 3.05) is 43.4 Å². The van der Waals surface area contributed by atoms with Gasteiger partial charge in [0.2, 0.25) is 0 Å². The molecule has 1 aliphatic rings. The second-order valence-electron chi connectivity index (χ2n) is 6.28. The first-order valence-corrected chi connectivity index (χ1v) is 8.46. The number of amides is 1. The molecule has 1 aromatic heterocycles. The van der Waals surface area contributed by atoms with Gasteiger partial charge in [-0.2, -0.15) is 5.10 Å². The standard InChI is InChI=1S/C18H25N5O/c1-4-23-17(14(2)13-19-23)20-18(24)15-5-7-16(8-6-15)22-11-9-21(3)10-12-22/h5-8,13H,4,9-12H2,1-3H3,(H,20,24). The number of nitrogens with zero attached hydrogens (tertiary/aromatic N) is 4. The van der Waals surface area contributed by atoms with Crippen LogP contribution in [-0.4, -0.2) is 53.8 Å². The van der Waals surface area contributed by atoms with Crippen molar-refractivity contribution in [1.29, 1.82) is 0 Å². The fourth-order valence-electron chi connectivity index (χ4n) is 2.95. The van der Waals surface area contributed by atoms with Crippen molar-refractivity contribution in [2.24, 2.45) is 0 Å². The minimum Gasteiger partial charge on any atom is -0.369 e. The molecule has 0 unspecified atom stereocenters. The molecule has 0 saturated carbocycles. The zero-order valence-corrected chi connectivity index (χ0v) is 14.6. The second kappa shape index (κ2) is 7.05. The van der Waals surface area contributed by atoms with Gasteiger partial charge in [-0.15, -0.1) is 0 Å². The van der Waals surface area contributed by atoms with Crippen LogP contribution in [0.3, 0.4) is 0 Å². The Labute approximate surface area is 143 Å². The van der Waals surface area contributed by atoms with Gasteiger partial charge >= 0.3 is 0 Å². The lowest BCUT2D eigenvalue weighted by Crippen LogP contribution is -2.44. The van der Waals surface area contributed by atoms with Crippen molar-refractivity contribution in [2.45, 2.75) is 20.4 Å². The smallest absolute Gasteiger partial charge is 0.256 e. The molecule has 1 amide bonds. The third kappa shape index (κ3) is 3.43. The van der Waals surface area contributed by atoms with E-state index in [-0.39, 0.29) is 5.91 Å². The zero-order valence-electron chi connectivity index (χ0n) is 14.6. The molecule has 2 aromatic rings. The lowest BCUT2D eigenvalue weighted by Gasteiger charge is -2.34. The fraction of sp³-hybridized carbons (Fsp3) is 0.444. The fourth-order valence-corrected chi connectivity index (χ4v) is 2.95. The Kier molecular flexibility index (Phi) is 4.85. The van der Waals surface area contributed by atoms with E-state index in [1.165, 1.54) is 5.69 Å². The molecule has 0 atom stereocenters. The van der Waals surface area contributed by atoms with Gasteiger partial charge < -0.3 is 15.1 Å². The van der Waals surface area contributed by atoms with Gasteiger partial charge in [-0.05, 0) is 45.2 Å². The largest absolute Gasteiger partial charge is 0.369 e. The molecule has 6 nitrogen and oxygen atoms in total. The Hall–Kier alpha value is -2.34. The van der Waals surface area contributed by atoms with Gasteiger partial charge in [-0.1, -0.05) is 0 Å². The van der Waals surface area contributed by atoms with Gasteiger partial charge in [0.15, 0.2) is 0 Å². The number of aromatic nitrogens is 2. The first-order chi connectivity index (χ1) is 11.6. The minimum absolute atomic E-state index is 0.0989. The molecule has 1 saturated heterocycles. The third-order valence-electron chi connectivity index (χ3n) is 4.55. The van der Waals surface area contributed by atoms with E-state index in [1.807, 2.05) is 38.1 Å². The number of benzene rings is 1. The zero-order chi connectivity index (χ0) is 17.1. The summed E-state index contributed by atoms with van der Waals surface area (Å²) in [6, 6.07) is 7.85. The van der Waals surface area contributed by atoms with E-state index in [0.29, 0.717) is 5.56 Å². The SMILES string of the molecule is CCn1ncc(C)c1NC(=O)c1ccc(N2CCN(C)CC2)cc1. The summed E-state index contributed by atoms with van der Waals surface area (Å²) >= 11 is 0. The van der Waals surface area contributed by atoms with E-state index in [9.17, 15) is 4.79 Å². The van der Waals surface area contributed by atoms with Crippen LogP contribution in [0.2, 0.25) is 0 Å². The molecule has 0 bridgehead atoms. The quantitative estimate of drug-likeness (QED) is 0.935. The molecular weight excluding hydrogens is 302 g/mol. The van der Waals surface area contributed by atoms with Gasteiger partial charge in [0.05, 0.1) is 6.20 Å². The molecule has 128 valence electrons. The highest BCUT2D eigenvalue weighted by atomic mass is 16.1. The molecule has 1 aromatic carbocycles. The van der Waals surface area contributed by atoms with Crippen molar-refractivity contribution in [1.82, 2.24) is 14.7 Å². The Balaban J connectivity index is 1.69. The van der Waals surface area contributed by atoms with Crippen LogP contribution in [0, 0.1) is 6.92 Å². The first kappa shape index (κ1) is 16.5. The average Bonchev–Trinajstić information content (AvgIpc) is 2.96. The van der Waals surface area contributed by atoms with Gasteiger partial charge in [-0.3, -0.25) is 4.79 Å². The summed E-state index contributed by atoms with van der Waals surface area (Å²) < 4.78 is 1.80. The lowest BCUT2D eigenvalue weighted by atomic mass is 10.1. The lowest BCUT2D eigenvalue weighted by molar-refractivity contribution is 0.102. The highest BCUT2D eigenvalue weighted by Gasteiger charge is 2.16. The average molecular weight is 327 g/mol. The van der Waals surface area contributed by atoms with Crippen molar-refractivity contribution in [3.8, 4) is 0 Å². The van der Waals surface area contributed by atoms with Crippen LogP contribution in [0.4, 0.5) is 11.5 Å². The molecule has 6 heteroatoms. The summed E-state index contributed by atoms with van der Waals surface area (Å²) in [6.45, 7) is 8.88. The van der Waals surface area contributed by atoms with Crippen LogP contribution in [0.5, 0.6) is 0 Å². The van der Waals surface area contributed by atoms with Gasteiger partial charge in [0, 0.05) is 49.5 Å². The van der Waals surface area contributed by atoms with E-state index >= 15 is 0 Å². The monoisotopic (exact) mass is 327 g/mol. The molecule has 24 heavy (non-hydrogen) atoms. The summed E-state index contributed by atoms with van der Waals surface area (Å²) in [5.74, 6) is 0.670. The molecule has 0 aliphatic carbocycles. The number of piperazine rings is 1. The van der Waals surface area contributed by atoms with Gasteiger partial charge in [-0.25, -0.2) is 4.68 Å². The maximum absolute atomic E-state index is 12.5. The third-order valence-corrected chi connectivity index (χ3v) is 4.55. The summed E-state index contributed by atoms with van der Waals surface area (Å²) in [6.07, 6.45) is 1.77. The van der Waals surface area contributed by atoms with Crippen molar-refractivity contribution < 1.29 is 4.79 Å². The number of likely N-dealkylation sites (N-methyl/N-ethyl adjacent to an activating group) is 1. The second-order valence-corrected chi connectivity index (χ2v) is 6.28. The molecule has 1 aliphatic heterocycles. The summed E-state index contributed by atoms with van der Waals surface area (Å²) in [7, 11) is 2.15. The van der Waals surface area contributed by atoms with Crippen LogP contribution >= 0.6 is 0 Å². The van der Waals surface area contributed by atoms with Crippen molar-refractivity contribution in [3.63, 3.8) is 0 Å². The van der Waals surface area contributed by atoms with Gasteiger partial charge in [0.25, 0.3) is 5.91 Å². The molecular formula is C18H25N5O. The normalized spacial score (nSPS) is 15.5. The summed E-state index contributed by atoms with van der Waals surface area (Å²) in [5, 5.41) is 7.23. The Morgan fingerprint density at radius 2 is 1.83 bits per heavy atom. The number of anilines is 2. The van der Waals surface area contributed by atoms with Gasteiger partial charge in [0.1, 0.15) is 5.82 Å². The van der Waals surface area contributed by atoms with Crippen molar-refractivity contribution >= 4 is 17.4 Å². The Morgan fingerprint density at radius 1 is 1.17 bits per heavy atom. The summed E-state index contributed by atoms with van der Waals surface area (Å²) in [4.78, 5) is 17.2. The Morgan fingerprint density at radius 3 is 2.46 bits per heavy atom. The van der Waals surface area contributed by atoms with E-state index in [2.05, 4.69) is 27.3 Å². The van der Waals surface area contributed by atoms with Crippen LogP contribution in [0.25, 0.3) is 0 Å². The molecule has 0 radical (unpaired) electrons. The number of nitrogens with one attached hydrogen (secondary N) is 1. The van der Waals surface area contributed by atoms with Crippen LogP contribution in [0.1, 0.15) is 22.8 Å². The highest BCUT2D eigenvalue weighted by Crippen LogP contribution is 2.19. The molecule has 1 fully saturated rings. The molecule has 3 rings (SSSR count). The molecule has 1 N–H and O–H groups in total. The maximum Gasteiger partial charge on any atom is 0.256 e. The predicted octanol–water partition coefficient (Wildman–Crippen LogP) is 2.22. The number of carbonyl (C=O) groups excluding carboxylic acids is 1. The van der Waals surface area contributed by atoms with E-state index in [0.717, 1.165) is 44.1 Å². The van der Waals surface area contributed by atoms with Crippen LogP contribution < -0.4 is 10.2 Å². The first-order valence-electron chi connectivity index (χ1n) is 8.46. The number of aryl methyl sites for hydroxylation is 2. The number of hydrogen-bond donors (Lipinski definition) is 1.